The molecular formula is C15H25NO3. The molecule has 108 valence electrons. The van der Waals surface area contributed by atoms with E-state index in [1.54, 1.807) is 0 Å². The minimum absolute atomic E-state index is 0.00207. The number of nitrogens with one attached hydrogen (secondary N) is 1. The van der Waals surface area contributed by atoms with Crippen molar-refractivity contribution >= 4 is 6.09 Å². The highest BCUT2D eigenvalue weighted by molar-refractivity contribution is 5.68. The lowest BCUT2D eigenvalue weighted by molar-refractivity contribution is 0.0473. The minimum Gasteiger partial charge on any atom is -0.503 e. The molecule has 2 N–H and O–H groups in total. The molecule has 1 aliphatic carbocycles. The van der Waals surface area contributed by atoms with E-state index in [2.05, 4.69) is 17.6 Å². The summed E-state index contributed by atoms with van der Waals surface area (Å²) in [5.74, 6) is 0.230. The molecule has 4 heteroatoms. The van der Waals surface area contributed by atoms with Gasteiger partial charge in [-0.1, -0.05) is 31.6 Å². The van der Waals surface area contributed by atoms with Crippen LogP contribution in [0.25, 0.3) is 0 Å². The molecule has 1 rings (SSSR count). The summed E-state index contributed by atoms with van der Waals surface area (Å²) in [5, 5.41) is 12.6. The van der Waals surface area contributed by atoms with Crippen LogP contribution in [-0.2, 0) is 4.74 Å². The Morgan fingerprint density at radius 2 is 1.95 bits per heavy atom. The van der Waals surface area contributed by atoms with E-state index in [4.69, 9.17) is 4.74 Å². The second kappa shape index (κ2) is 6.67. The smallest absolute Gasteiger partial charge is 0.408 e. The van der Waals surface area contributed by atoms with Crippen LogP contribution >= 0.6 is 0 Å². The Labute approximate surface area is 115 Å². The first kappa shape index (κ1) is 15.6. The summed E-state index contributed by atoms with van der Waals surface area (Å²) in [6.07, 6.45) is 4.94. The van der Waals surface area contributed by atoms with E-state index in [0.29, 0.717) is 0 Å². The Bertz CT molecular complexity index is 358. The van der Waals surface area contributed by atoms with E-state index in [1.807, 2.05) is 20.8 Å². The molecule has 1 unspecified atom stereocenters. The van der Waals surface area contributed by atoms with Crippen LogP contribution in [0.2, 0.25) is 0 Å². The second-order valence-electron chi connectivity index (χ2n) is 6.08. The summed E-state index contributed by atoms with van der Waals surface area (Å²) in [4.78, 5) is 11.8. The molecule has 1 atom stereocenters. The predicted molar refractivity (Wildman–Crippen MR) is 75.0 cm³/mol. The van der Waals surface area contributed by atoms with Crippen molar-refractivity contribution in [2.75, 3.05) is 0 Å². The molecule has 0 aromatic heterocycles. The van der Waals surface area contributed by atoms with Crippen molar-refractivity contribution in [3.05, 3.63) is 18.1 Å². The standard InChI is InChI=1S/C15H25NO3/c1-5-12(17)13(11-9-7-6-8-10-11)16-14(18)19-15(2,3)4/h11,13,17H,1,6-10H2,2-4H3,(H,16,18). The van der Waals surface area contributed by atoms with Crippen molar-refractivity contribution < 1.29 is 14.6 Å². The van der Waals surface area contributed by atoms with Gasteiger partial charge in [0.15, 0.2) is 5.76 Å². The van der Waals surface area contributed by atoms with Gasteiger partial charge >= 0.3 is 6.09 Å². The van der Waals surface area contributed by atoms with Gasteiger partial charge in [-0.3, -0.25) is 0 Å². The molecular weight excluding hydrogens is 242 g/mol. The Balaban J connectivity index is 2.69. The highest BCUT2D eigenvalue weighted by Crippen LogP contribution is 2.28. The molecule has 0 aromatic rings. The van der Waals surface area contributed by atoms with Crippen LogP contribution < -0.4 is 5.32 Å². The van der Waals surface area contributed by atoms with Gasteiger partial charge in [0.25, 0.3) is 0 Å². The fourth-order valence-corrected chi connectivity index (χ4v) is 2.42. The van der Waals surface area contributed by atoms with Crippen LogP contribution in [-0.4, -0.2) is 22.8 Å². The van der Waals surface area contributed by atoms with Crippen LogP contribution in [0.15, 0.2) is 18.1 Å². The summed E-state index contributed by atoms with van der Waals surface area (Å²) in [5.41, 5.74) is 1.94. The first-order valence-corrected chi connectivity index (χ1v) is 6.92. The second-order valence-corrected chi connectivity index (χ2v) is 6.08. The summed E-state index contributed by atoms with van der Waals surface area (Å²) < 4.78 is 5.23. The summed E-state index contributed by atoms with van der Waals surface area (Å²) in [6.45, 7) is 8.89. The quantitative estimate of drug-likeness (QED) is 0.605. The van der Waals surface area contributed by atoms with E-state index in [9.17, 15) is 9.90 Å². The lowest BCUT2D eigenvalue weighted by atomic mass is 9.83. The Kier molecular flexibility index (Phi) is 5.49. The monoisotopic (exact) mass is 267 g/mol. The van der Waals surface area contributed by atoms with Gasteiger partial charge in [0.05, 0.1) is 6.04 Å². The Hall–Kier alpha value is -1.41. The van der Waals surface area contributed by atoms with Crippen molar-refractivity contribution in [2.45, 2.75) is 64.5 Å². The SMILES string of the molecule is C=C=C(O)C(NC(=O)OC(C)(C)C)C1CCCCC1. The van der Waals surface area contributed by atoms with E-state index >= 15 is 0 Å². The zero-order valence-electron chi connectivity index (χ0n) is 12.2. The number of amides is 1. The molecule has 0 saturated heterocycles. The van der Waals surface area contributed by atoms with E-state index in [1.165, 1.54) is 6.42 Å². The van der Waals surface area contributed by atoms with Crippen molar-refractivity contribution in [3.8, 4) is 0 Å². The van der Waals surface area contributed by atoms with Gasteiger partial charge in [-0.2, -0.15) is 0 Å². The maximum atomic E-state index is 11.8. The number of aliphatic hydroxyl groups excluding tert-OH is 1. The number of carbonyl (C=O) groups excluding carboxylic acids is 1. The van der Waals surface area contributed by atoms with Crippen molar-refractivity contribution in [1.82, 2.24) is 5.32 Å². The molecule has 0 radical (unpaired) electrons. The van der Waals surface area contributed by atoms with Crippen LogP contribution in [0.4, 0.5) is 4.79 Å². The average Bonchev–Trinajstić information content (AvgIpc) is 2.34. The molecule has 0 spiro atoms. The fourth-order valence-electron chi connectivity index (χ4n) is 2.42. The molecule has 1 fully saturated rings. The maximum Gasteiger partial charge on any atom is 0.408 e. The highest BCUT2D eigenvalue weighted by Gasteiger charge is 2.29. The van der Waals surface area contributed by atoms with E-state index in [-0.39, 0.29) is 11.7 Å². The normalized spacial score (nSPS) is 18.3. The molecule has 4 nitrogen and oxygen atoms in total. The van der Waals surface area contributed by atoms with Crippen molar-refractivity contribution in [1.29, 1.82) is 0 Å². The number of hydrogen-bond donors (Lipinski definition) is 2. The molecule has 0 bridgehead atoms. The Morgan fingerprint density at radius 1 is 1.37 bits per heavy atom. The third-order valence-electron chi connectivity index (χ3n) is 3.27. The molecule has 0 heterocycles. The highest BCUT2D eigenvalue weighted by atomic mass is 16.6. The number of aliphatic hydroxyl groups is 1. The number of rotatable bonds is 3. The number of alkyl carbamates (subject to hydrolysis) is 1. The zero-order chi connectivity index (χ0) is 14.5. The molecule has 19 heavy (non-hydrogen) atoms. The van der Waals surface area contributed by atoms with Gasteiger partial charge in [-0.05, 0) is 39.5 Å². The molecule has 0 aliphatic heterocycles. The summed E-state index contributed by atoms with van der Waals surface area (Å²) >= 11 is 0. The molecule has 0 aromatic carbocycles. The van der Waals surface area contributed by atoms with Gasteiger partial charge in [0.2, 0.25) is 0 Å². The topological polar surface area (TPSA) is 58.6 Å². The first-order chi connectivity index (χ1) is 8.83. The average molecular weight is 267 g/mol. The molecule has 1 amide bonds. The van der Waals surface area contributed by atoms with Crippen LogP contribution in [0.1, 0.15) is 52.9 Å². The maximum absolute atomic E-state index is 11.8. The zero-order valence-corrected chi connectivity index (χ0v) is 12.2. The molecule has 1 saturated carbocycles. The third-order valence-corrected chi connectivity index (χ3v) is 3.27. The number of ether oxygens (including phenoxy) is 1. The Morgan fingerprint density at radius 3 is 2.42 bits per heavy atom. The van der Waals surface area contributed by atoms with Gasteiger partial charge in [-0.15, -0.1) is 0 Å². The summed E-state index contributed by atoms with van der Waals surface area (Å²) in [6, 6.07) is -0.437. The van der Waals surface area contributed by atoms with Gasteiger partial charge in [0.1, 0.15) is 5.60 Å². The first-order valence-electron chi connectivity index (χ1n) is 6.92. The van der Waals surface area contributed by atoms with E-state index < -0.39 is 17.7 Å². The van der Waals surface area contributed by atoms with Gasteiger partial charge in [-0.25, -0.2) is 4.79 Å². The predicted octanol–water partition coefficient (Wildman–Crippen LogP) is 3.69. The minimum atomic E-state index is -0.547. The summed E-state index contributed by atoms with van der Waals surface area (Å²) in [7, 11) is 0. The fraction of sp³-hybridized carbons (Fsp3) is 0.733. The third kappa shape index (κ3) is 5.39. The largest absolute Gasteiger partial charge is 0.503 e. The number of hydrogen-bond acceptors (Lipinski definition) is 3. The van der Waals surface area contributed by atoms with Crippen LogP contribution in [0, 0.1) is 5.92 Å². The van der Waals surface area contributed by atoms with Crippen LogP contribution in [0.5, 0.6) is 0 Å². The van der Waals surface area contributed by atoms with Crippen LogP contribution in [0.3, 0.4) is 0 Å². The van der Waals surface area contributed by atoms with Gasteiger partial charge in [0, 0.05) is 0 Å². The molecule has 1 aliphatic rings. The number of carbonyl (C=O) groups is 1. The van der Waals surface area contributed by atoms with Crippen molar-refractivity contribution in [3.63, 3.8) is 0 Å². The van der Waals surface area contributed by atoms with Gasteiger partial charge < -0.3 is 15.2 Å². The van der Waals surface area contributed by atoms with E-state index in [0.717, 1.165) is 25.7 Å². The van der Waals surface area contributed by atoms with Crippen molar-refractivity contribution in [2.24, 2.45) is 5.92 Å². The lowest BCUT2D eigenvalue weighted by Gasteiger charge is -2.30. The lowest BCUT2D eigenvalue weighted by Crippen LogP contribution is -2.44.